The van der Waals surface area contributed by atoms with Gasteiger partial charge in [0.25, 0.3) is 0 Å². The van der Waals surface area contributed by atoms with Crippen LogP contribution in [0.2, 0.25) is 4.13 Å². The molecule has 0 rings (SSSR count). The monoisotopic (exact) mass is 326 g/mol. The fourth-order valence-corrected chi connectivity index (χ4v) is 0.203. The van der Waals surface area contributed by atoms with Crippen LogP contribution in [0.4, 0.5) is 0 Å². The average Bonchev–Trinajstić information content (AvgIpc) is 1.67. The van der Waals surface area contributed by atoms with E-state index < -0.39 is 0 Å². The van der Waals surface area contributed by atoms with Crippen molar-refractivity contribution >= 4 is 30.7 Å². The Bertz CT molecular complexity index is 64.1. The fraction of sp³-hybridized carbons (Fsp3) is 0.833. The van der Waals surface area contributed by atoms with Gasteiger partial charge in [-0.2, -0.15) is 0 Å². The van der Waals surface area contributed by atoms with E-state index in [9.17, 15) is 4.79 Å². The molecule has 0 aliphatic rings. The van der Waals surface area contributed by atoms with E-state index >= 15 is 0 Å². The number of hydrogen-bond donors (Lipinski definition) is 0. The normalized spacial score (nSPS) is 7.11. The summed E-state index contributed by atoms with van der Waals surface area (Å²) in [4.78, 5) is 9.82. The zero-order valence-corrected chi connectivity index (χ0v) is 9.65. The second-order valence-electron chi connectivity index (χ2n) is 1.24. The van der Waals surface area contributed by atoms with Crippen molar-refractivity contribution in [2.75, 3.05) is 6.61 Å². The van der Waals surface area contributed by atoms with Crippen molar-refractivity contribution in [3.05, 3.63) is 0 Å². The molecule has 0 aliphatic heterocycles. The molecule has 0 aromatic carbocycles. The van der Waals surface area contributed by atoms with Gasteiger partial charge in [0.05, 0.1) is 6.61 Å². The average molecular weight is 326 g/mol. The van der Waals surface area contributed by atoms with E-state index in [1.54, 1.807) is 6.92 Å². The van der Waals surface area contributed by atoms with Gasteiger partial charge < -0.3 is 4.74 Å². The van der Waals surface area contributed by atoms with Gasteiger partial charge in [0.15, 0.2) is 0 Å². The third-order valence-electron chi connectivity index (χ3n) is 0.348. The summed E-state index contributed by atoms with van der Waals surface area (Å²) in [5.41, 5.74) is 0. The summed E-state index contributed by atoms with van der Waals surface area (Å²) in [5.74, 6) is -0.211. The molecule has 0 spiro atoms. The van der Waals surface area contributed by atoms with Crippen molar-refractivity contribution in [3.8, 4) is 0 Å². The molecule has 2 radical (unpaired) electrons. The van der Waals surface area contributed by atoms with Gasteiger partial charge in [-0.3, -0.25) is 4.79 Å². The summed E-state index contributed by atoms with van der Waals surface area (Å²) < 4.78 is 5.76. The Kier molecular flexibility index (Phi) is 15.0. The summed E-state index contributed by atoms with van der Waals surface area (Å²) >= 11 is 1.52. The standard InChI is InChI=1S/C4H8O2.C2H5.Bi/c1-3-6-4(2)5;1-2;/h3H2,1-2H3;1H2,2H3;. The molecule has 0 saturated heterocycles. The van der Waals surface area contributed by atoms with Crippen molar-refractivity contribution in [1.29, 1.82) is 0 Å². The van der Waals surface area contributed by atoms with Crippen LogP contribution in [0.5, 0.6) is 0 Å². The molecule has 2 nitrogen and oxygen atoms in total. The molecule has 3 heteroatoms. The van der Waals surface area contributed by atoms with Crippen LogP contribution in [0, 0.1) is 0 Å². The SMILES string of the molecule is CCOC(C)=O.C[CH2][Bi]. The van der Waals surface area contributed by atoms with Crippen LogP contribution in [0.25, 0.3) is 0 Å². The molecule has 0 N–H and O–H groups in total. The zero-order valence-electron chi connectivity index (χ0n) is 6.18. The van der Waals surface area contributed by atoms with Crippen molar-refractivity contribution in [3.63, 3.8) is 0 Å². The minimum absolute atomic E-state index is 0.211. The van der Waals surface area contributed by atoms with Crippen molar-refractivity contribution < 1.29 is 9.53 Å². The topological polar surface area (TPSA) is 26.3 Å². The predicted octanol–water partition coefficient (Wildman–Crippen LogP) is 1.16. The van der Waals surface area contributed by atoms with E-state index in [0.717, 1.165) is 0 Å². The molecule has 0 aliphatic carbocycles. The van der Waals surface area contributed by atoms with Gasteiger partial charge in [-0.25, -0.2) is 0 Å². The van der Waals surface area contributed by atoms with E-state index in [1.165, 1.54) is 35.8 Å². The fourth-order valence-electron chi connectivity index (χ4n) is 0.203. The molecule has 0 unspecified atom stereocenters. The number of hydrogen-bond acceptors (Lipinski definition) is 2. The zero-order chi connectivity index (χ0) is 7.70. The third-order valence-corrected chi connectivity index (χ3v) is 0.348. The van der Waals surface area contributed by atoms with Gasteiger partial charge in [0.1, 0.15) is 0 Å². The van der Waals surface area contributed by atoms with Crippen LogP contribution in [-0.2, 0) is 9.53 Å². The predicted molar refractivity (Wildman–Crippen MR) is 38.5 cm³/mol. The van der Waals surface area contributed by atoms with E-state index in [2.05, 4.69) is 11.7 Å². The number of rotatable bonds is 1. The first kappa shape index (κ1) is 12.1. The van der Waals surface area contributed by atoms with Crippen LogP contribution in [0.15, 0.2) is 0 Å². The van der Waals surface area contributed by atoms with Crippen molar-refractivity contribution in [2.45, 2.75) is 24.9 Å². The van der Waals surface area contributed by atoms with Crippen molar-refractivity contribution in [2.24, 2.45) is 0 Å². The molecule has 54 valence electrons. The molecule has 0 atom stereocenters. The number of carbonyl (C=O) groups is 1. The number of esters is 1. The van der Waals surface area contributed by atoms with Gasteiger partial charge in [0.2, 0.25) is 0 Å². The molecular formula is C6H13BiO2. The number of ether oxygens (including phenoxy) is 1. The quantitative estimate of drug-likeness (QED) is 0.534. The maximum atomic E-state index is 9.82. The molecule has 0 bridgehead atoms. The minimum atomic E-state index is -0.211. The molecule has 0 aromatic rings. The molecule has 9 heavy (non-hydrogen) atoms. The van der Waals surface area contributed by atoms with Gasteiger partial charge in [-0.1, -0.05) is 0 Å². The first-order valence-corrected chi connectivity index (χ1v) is 5.39. The Morgan fingerprint density at radius 1 is 1.56 bits per heavy atom. The molecule has 0 fully saturated rings. The summed E-state index contributed by atoms with van der Waals surface area (Å²) in [6.45, 7) is 5.83. The van der Waals surface area contributed by atoms with Gasteiger partial charge >= 0.3 is 41.7 Å². The summed E-state index contributed by atoms with van der Waals surface area (Å²) in [6, 6.07) is 0. The van der Waals surface area contributed by atoms with Gasteiger partial charge in [-0.05, 0) is 6.92 Å². The Morgan fingerprint density at radius 2 is 1.89 bits per heavy atom. The van der Waals surface area contributed by atoms with Gasteiger partial charge in [0, 0.05) is 6.92 Å². The second-order valence-corrected chi connectivity index (χ2v) is 3.70. The summed E-state index contributed by atoms with van der Waals surface area (Å²) in [5, 5.41) is 0. The molecular weight excluding hydrogens is 313 g/mol. The maximum absolute atomic E-state index is 9.82. The van der Waals surface area contributed by atoms with Crippen LogP contribution >= 0.6 is 0 Å². The Hall–Kier alpha value is 0.353. The second kappa shape index (κ2) is 11.2. The molecule has 0 aromatic heterocycles. The van der Waals surface area contributed by atoms with E-state index in [-0.39, 0.29) is 5.97 Å². The van der Waals surface area contributed by atoms with Crippen LogP contribution in [0.3, 0.4) is 0 Å². The van der Waals surface area contributed by atoms with Gasteiger partial charge in [-0.15, -0.1) is 0 Å². The van der Waals surface area contributed by atoms with Crippen LogP contribution in [-0.4, -0.2) is 37.3 Å². The Morgan fingerprint density at radius 3 is 1.89 bits per heavy atom. The Balaban J connectivity index is 0. The van der Waals surface area contributed by atoms with E-state index in [1.807, 2.05) is 0 Å². The Labute approximate surface area is 71.8 Å². The molecule has 0 heterocycles. The third kappa shape index (κ3) is 30.0. The molecule has 0 saturated carbocycles. The van der Waals surface area contributed by atoms with Crippen LogP contribution < -0.4 is 0 Å². The summed E-state index contributed by atoms with van der Waals surface area (Å²) in [7, 11) is 0. The van der Waals surface area contributed by atoms with E-state index in [4.69, 9.17) is 0 Å². The van der Waals surface area contributed by atoms with Crippen molar-refractivity contribution in [1.82, 2.24) is 0 Å². The summed E-state index contributed by atoms with van der Waals surface area (Å²) in [6.07, 6.45) is 0. The molecule has 0 amide bonds. The first-order chi connectivity index (χ1) is 4.18. The number of carbonyl (C=O) groups excluding carboxylic acids is 1. The van der Waals surface area contributed by atoms with Crippen LogP contribution in [0.1, 0.15) is 20.8 Å². The van der Waals surface area contributed by atoms with E-state index in [0.29, 0.717) is 6.61 Å². The first-order valence-electron chi connectivity index (χ1n) is 2.93.